The summed E-state index contributed by atoms with van der Waals surface area (Å²) in [5, 5.41) is 3.05. The van der Waals surface area contributed by atoms with E-state index in [-0.39, 0.29) is 12.1 Å². The first kappa shape index (κ1) is 12.9. The van der Waals surface area contributed by atoms with Crippen molar-refractivity contribution in [1.82, 2.24) is 19.8 Å². The van der Waals surface area contributed by atoms with Gasteiger partial charge in [-0.15, -0.1) is 0 Å². The molecular formula is C13H22N4O. The summed E-state index contributed by atoms with van der Waals surface area (Å²) >= 11 is 0. The van der Waals surface area contributed by atoms with E-state index in [1.807, 2.05) is 22.6 Å². The zero-order valence-corrected chi connectivity index (χ0v) is 11.2. The van der Waals surface area contributed by atoms with Crippen LogP contribution < -0.4 is 5.32 Å². The van der Waals surface area contributed by atoms with Crippen LogP contribution in [0.5, 0.6) is 0 Å². The van der Waals surface area contributed by atoms with Gasteiger partial charge in [0.15, 0.2) is 0 Å². The van der Waals surface area contributed by atoms with Gasteiger partial charge in [0.2, 0.25) is 0 Å². The second-order valence-electron chi connectivity index (χ2n) is 5.30. The largest absolute Gasteiger partial charge is 0.335 e. The first-order valence-electron chi connectivity index (χ1n) is 6.66. The molecule has 1 saturated heterocycles. The molecule has 2 rings (SSSR count). The molecule has 0 saturated carbocycles. The van der Waals surface area contributed by atoms with E-state index in [0.29, 0.717) is 5.92 Å². The molecule has 2 heterocycles. The summed E-state index contributed by atoms with van der Waals surface area (Å²) in [5.74, 6) is 0.619. The predicted molar refractivity (Wildman–Crippen MR) is 70.2 cm³/mol. The Kier molecular flexibility index (Phi) is 4.23. The Morgan fingerprint density at radius 3 is 3.11 bits per heavy atom. The van der Waals surface area contributed by atoms with Crippen LogP contribution in [-0.2, 0) is 6.54 Å². The fraction of sp³-hybridized carbons (Fsp3) is 0.692. The number of amides is 2. The van der Waals surface area contributed by atoms with Crippen LogP contribution >= 0.6 is 0 Å². The molecule has 2 unspecified atom stereocenters. The number of nitrogens with one attached hydrogen (secondary N) is 1. The van der Waals surface area contributed by atoms with E-state index >= 15 is 0 Å². The van der Waals surface area contributed by atoms with Gasteiger partial charge in [-0.1, -0.05) is 6.92 Å². The Labute approximate surface area is 108 Å². The van der Waals surface area contributed by atoms with Gasteiger partial charge in [-0.3, -0.25) is 0 Å². The van der Waals surface area contributed by atoms with Crippen LogP contribution in [0.4, 0.5) is 4.79 Å². The molecule has 1 N–H and O–H groups in total. The van der Waals surface area contributed by atoms with Gasteiger partial charge >= 0.3 is 6.03 Å². The number of piperidine rings is 1. The highest BCUT2D eigenvalue weighted by atomic mass is 16.2. The molecule has 100 valence electrons. The number of urea groups is 1. The number of carbonyl (C=O) groups excluding carboxylic acids is 1. The van der Waals surface area contributed by atoms with E-state index < -0.39 is 0 Å². The Bertz CT molecular complexity index is 376. The van der Waals surface area contributed by atoms with E-state index in [0.717, 1.165) is 26.1 Å². The average Bonchev–Trinajstić information content (AvgIpc) is 2.81. The topological polar surface area (TPSA) is 50.2 Å². The molecule has 18 heavy (non-hydrogen) atoms. The van der Waals surface area contributed by atoms with E-state index in [1.54, 1.807) is 12.5 Å². The summed E-state index contributed by atoms with van der Waals surface area (Å²) in [7, 11) is 0. The van der Waals surface area contributed by atoms with Gasteiger partial charge in [0.1, 0.15) is 0 Å². The summed E-state index contributed by atoms with van der Waals surface area (Å²) in [6, 6.07) is 0.179. The van der Waals surface area contributed by atoms with Gasteiger partial charge in [0, 0.05) is 38.1 Å². The van der Waals surface area contributed by atoms with Crippen molar-refractivity contribution in [2.45, 2.75) is 39.3 Å². The molecule has 0 bridgehead atoms. The summed E-state index contributed by atoms with van der Waals surface area (Å²) < 4.78 is 1.98. The van der Waals surface area contributed by atoms with Gasteiger partial charge < -0.3 is 14.8 Å². The summed E-state index contributed by atoms with van der Waals surface area (Å²) in [6.45, 7) is 6.74. The maximum absolute atomic E-state index is 12.1. The fourth-order valence-corrected chi connectivity index (χ4v) is 2.43. The molecule has 1 aromatic rings. The monoisotopic (exact) mass is 250 g/mol. The molecule has 1 aliphatic rings. The lowest BCUT2D eigenvalue weighted by Crippen LogP contribution is -2.48. The van der Waals surface area contributed by atoms with Crippen LogP contribution in [-0.4, -0.2) is 39.6 Å². The van der Waals surface area contributed by atoms with E-state index in [4.69, 9.17) is 0 Å². The summed E-state index contributed by atoms with van der Waals surface area (Å²) in [5.41, 5.74) is 0. The first-order valence-corrected chi connectivity index (χ1v) is 6.66. The highest BCUT2D eigenvalue weighted by molar-refractivity contribution is 5.74. The fourth-order valence-electron chi connectivity index (χ4n) is 2.43. The van der Waals surface area contributed by atoms with Crippen molar-refractivity contribution in [2.24, 2.45) is 5.92 Å². The molecule has 5 heteroatoms. The predicted octanol–water partition coefficient (Wildman–Crippen LogP) is 1.71. The Morgan fingerprint density at radius 1 is 1.61 bits per heavy atom. The van der Waals surface area contributed by atoms with Crippen molar-refractivity contribution in [2.75, 3.05) is 13.1 Å². The number of likely N-dealkylation sites (tertiary alicyclic amines) is 1. The lowest BCUT2D eigenvalue weighted by molar-refractivity contribution is 0.166. The van der Waals surface area contributed by atoms with Crippen molar-refractivity contribution >= 4 is 6.03 Å². The van der Waals surface area contributed by atoms with Crippen LogP contribution in [0.25, 0.3) is 0 Å². The van der Waals surface area contributed by atoms with Crippen LogP contribution in [0.15, 0.2) is 18.7 Å². The lowest BCUT2D eigenvalue weighted by atomic mass is 10.0. The van der Waals surface area contributed by atoms with Gasteiger partial charge in [0.05, 0.1) is 6.33 Å². The standard InChI is InChI=1S/C13H22N4O/c1-11-4-3-6-17(8-11)13(18)15-12(2)9-16-7-5-14-10-16/h5,7,10-12H,3-4,6,8-9H2,1-2H3,(H,15,18). The van der Waals surface area contributed by atoms with Crippen molar-refractivity contribution in [1.29, 1.82) is 0 Å². The quantitative estimate of drug-likeness (QED) is 0.888. The molecule has 0 aromatic carbocycles. The van der Waals surface area contributed by atoms with Gasteiger partial charge in [-0.2, -0.15) is 0 Å². The van der Waals surface area contributed by atoms with Crippen LogP contribution in [0.1, 0.15) is 26.7 Å². The van der Waals surface area contributed by atoms with Crippen LogP contribution in [0.2, 0.25) is 0 Å². The minimum atomic E-state index is 0.0640. The zero-order chi connectivity index (χ0) is 13.0. The molecule has 5 nitrogen and oxygen atoms in total. The SMILES string of the molecule is CC1CCCN(C(=O)NC(C)Cn2ccnc2)C1. The van der Waals surface area contributed by atoms with Gasteiger partial charge in [-0.05, 0) is 25.7 Å². The minimum Gasteiger partial charge on any atom is -0.335 e. The third-order valence-electron chi connectivity index (χ3n) is 3.36. The molecule has 0 aliphatic carbocycles. The molecule has 2 amide bonds. The maximum Gasteiger partial charge on any atom is 0.317 e. The number of imidazole rings is 1. The number of nitrogens with zero attached hydrogens (tertiary/aromatic N) is 3. The molecule has 0 radical (unpaired) electrons. The number of hydrogen-bond donors (Lipinski definition) is 1. The highest BCUT2D eigenvalue weighted by Gasteiger charge is 2.21. The molecular weight excluding hydrogens is 228 g/mol. The Morgan fingerprint density at radius 2 is 2.44 bits per heavy atom. The molecule has 1 aliphatic heterocycles. The van der Waals surface area contributed by atoms with Crippen LogP contribution in [0.3, 0.4) is 0 Å². The van der Waals surface area contributed by atoms with Crippen molar-refractivity contribution in [3.8, 4) is 0 Å². The molecule has 0 spiro atoms. The second kappa shape index (κ2) is 5.89. The van der Waals surface area contributed by atoms with E-state index in [2.05, 4.69) is 17.2 Å². The van der Waals surface area contributed by atoms with Crippen molar-refractivity contribution < 1.29 is 4.79 Å². The van der Waals surface area contributed by atoms with Crippen molar-refractivity contribution in [3.05, 3.63) is 18.7 Å². The highest BCUT2D eigenvalue weighted by Crippen LogP contribution is 2.15. The maximum atomic E-state index is 12.1. The van der Waals surface area contributed by atoms with Crippen LogP contribution in [0, 0.1) is 5.92 Å². The molecule has 2 atom stereocenters. The minimum absolute atomic E-state index is 0.0640. The first-order chi connectivity index (χ1) is 8.65. The summed E-state index contributed by atoms with van der Waals surface area (Å²) in [4.78, 5) is 18.0. The number of aromatic nitrogens is 2. The summed E-state index contributed by atoms with van der Waals surface area (Å²) in [6.07, 6.45) is 7.77. The van der Waals surface area contributed by atoms with Gasteiger partial charge in [-0.25, -0.2) is 9.78 Å². The average molecular weight is 250 g/mol. The zero-order valence-electron chi connectivity index (χ0n) is 11.2. The number of hydrogen-bond acceptors (Lipinski definition) is 2. The van der Waals surface area contributed by atoms with Crippen molar-refractivity contribution in [3.63, 3.8) is 0 Å². The normalized spacial score (nSPS) is 21.7. The smallest absolute Gasteiger partial charge is 0.317 e. The Balaban J connectivity index is 1.79. The van der Waals surface area contributed by atoms with E-state index in [1.165, 1.54) is 6.42 Å². The second-order valence-corrected chi connectivity index (χ2v) is 5.30. The van der Waals surface area contributed by atoms with Gasteiger partial charge in [0.25, 0.3) is 0 Å². The van der Waals surface area contributed by atoms with E-state index in [9.17, 15) is 4.79 Å². The molecule has 1 aromatic heterocycles. The molecule has 1 fully saturated rings. The lowest BCUT2D eigenvalue weighted by Gasteiger charge is -2.32. The number of carbonyl (C=O) groups is 1. The third kappa shape index (κ3) is 3.48. The number of rotatable bonds is 3. The Hall–Kier alpha value is -1.52. The third-order valence-corrected chi connectivity index (χ3v) is 3.36.